The van der Waals surface area contributed by atoms with Gasteiger partial charge in [0.2, 0.25) is 0 Å². The number of aliphatic hydroxyl groups is 1. The van der Waals surface area contributed by atoms with Gasteiger partial charge in [0.1, 0.15) is 0 Å². The van der Waals surface area contributed by atoms with Gasteiger partial charge in [-0.2, -0.15) is 0 Å². The summed E-state index contributed by atoms with van der Waals surface area (Å²) in [5.41, 5.74) is 1.35. The Hall–Kier alpha value is -0.720. The van der Waals surface area contributed by atoms with Gasteiger partial charge in [-0.25, -0.2) is 0 Å². The van der Waals surface area contributed by atoms with Crippen molar-refractivity contribution < 1.29 is 5.11 Å². The Bertz CT molecular complexity index is 158. The van der Waals surface area contributed by atoms with E-state index in [0.29, 0.717) is 5.76 Å². The number of hydrogen-bond donors (Lipinski definition) is 1. The third-order valence-corrected chi connectivity index (χ3v) is 2.04. The molecule has 1 aliphatic rings. The van der Waals surface area contributed by atoms with Crippen LogP contribution in [0, 0.1) is 0 Å². The molecule has 15 heavy (non-hydrogen) atoms. The minimum atomic E-state index is 0.510. The number of hydrogen-bond acceptors (Lipinski definition) is 1. The second-order valence-corrected chi connectivity index (χ2v) is 3.52. The van der Waals surface area contributed by atoms with Gasteiger partial charge in [0.15, 0.2) is 0 Å². The Morgan fingerprint density at radius 3 is 1.80 bits per heavy atom. The van der Waals surface area contributed by atoms with Gasteiger partial charge in [-0.3, -0.25) is 0 Å². The largest absolute Gasteiger partial charge is 0.512 e. The van der Waals surface area contributed by atoms with Crippen molar-refractivity contribution in [2.75, 3.05) is 0 Å². The highest BCUT2D eigenvalue weighted by Crippen LogP contribution is 2.14. The zero-order chi connectivity index (χ0) is 12.1. The van der Waals surface area contributed by atoms with E-state index in [1.165, 1.54) is 24.8 Å². The highest BCUT2D eigenvalue weighted by molar-refractivity contribution is 5.18. The lowest BCUT2D eigenvalue weighted by Crippen LogP contribution is -1.88. The normalized spacial score (nSPS) is 13.7. The molecule has 90 valence electrons. The van der Waals surface area contributed by atoms with Gasteiger partial charge < -0.3 is 5.11 Å². The van der Waals surface area contributed by atoms with E-state index in [0.717, 1.165) is 12.8 Å². The molecular formula is C14H28O. The maximum absolute atomic E-state index is 8.84. The lowest BCUT2D eigenvalue weighted by atomic mass is 10.1. The topological polar surface area (TPSA) is 20.2 Å². The van der Waals surface area contributed by atoms with Crippen molar-refractivity contribution in [2.24, 2.45) is 0 Å². The van der Waals surface area contributed by atoms with Crippen LogP contribution in [0.4, 0.5) is 0 Å². The van der Waals surface area contributed by atoms with Crippen LogP contribution < -0.4 is 0 Å². The third-order valence-electron chi connectivity index (χ3n) is 2.04. The molecule has 0 atom stereocenters. The molecule has 0 saturated carbocycles. The molecule has 0 radical (unpaired) electrons. The standard InChI is InChI=1S/C7H10O.C5H12.C2H6/c1-6-2-4-7(8)5-3-6;1-3-5-4-2;1-2/h2,4,8H,3,5H2,1H3;3-5H2,1-2H3;1-2H3. The Balaban J connectivity index is 0. The smallest absolute Gasteiger partial charge is 0.0925 e. The van der Waals surface area contributed by atoms with Gasteiger partial charge in [0.05, 0.1) is 5.76 Å². The third kappa shape index (κ3) is 13.3. The van der Waals surface area contributed by atoms with Gasteiger partial charge in [-0.05, 0) is 19.4 Å². The van der Waals surface area contributed by atoms with Gasteiger partial charge >= 0.3 is 0 Å². The Kier molecular flexibility index (Phi) is 14.8. The van der Waals surface area contributed by atoms with E-state index in [-0.39, 0.29) is 0 Å². The molecule has 0 aliphatic heterocycles. The molecule has 0 heterocycles. The van der Waals surface area contributed by atoms with Gasteiger partial charge in [-0.1, -0.05) is 58.6 Å². The van der Waals surface area contributed by atoms with Crippen LogP contribution in [-0.4, -0.2) is 5.11 Å². The molecule has 1 aliphatic carbocycles. The van der Waals surface area contributed by atoms with Gasteiger partial charge in [0, 0.05) is 6.42 Å². The fourth-order valence-corrected chi connectivity index (χ4v) is 1.08. The van der Waals surface area contributed by atoms with Crippen LogP contribution in [0.3, 0.4) is 0 Å². The van der Waals surface area contributed by atoms with Crippen molar-refractivity contribution in [3.63, 3.8) is 0 Å². The van der Waals surface area contributed by atoms with E-state index in [1.807, 2.05) is 19.9 Å². The molecule has 0 saturated heterocycles. The van der Waals surface area contributed by atoms with E-state index >= 15 is 0 Å². The molecule has 1 N–H and O–H groups in total. The average Bonchev–Trinajstić information content (AvgIpc) is 2.27. The minimum Gasteiger partial charge on any atom is -0.512 e. The van der Waals surface area contributed by atoms with Crippen LogP contribution >= 0.6 is 0 Å². The number of unbranched alkanes of at least 4 members (excludes halogenated alkanes) is 2. The SMILES string of the molecule is CC.CC1=CC=C(O)CC1.CCCCC. The van der Waals surface area contributed by atoms with Crippen molar-refractivity contribution in [2.45, 2.75) is 66.7 Å². The monoisotopic (exact) mass is 212 g/mol. The number of rotatable bonds is 2. The van der Waals surface area contributed by atoms with Crippen molar-refractivity contribution >= 4 is 0 Å². The summed E-state index contributed by atoms with van der Waals surface area (Å²) < 4.78 is 0. The summed E-state index contributed by atoms with van der Waals surface area (Å²) in [6, 6.07) is 0. The second-order valence-electron chi connectivity index (χ2n) is 3.52. The maximum atomic E-state index is 8.84. The summed E-state index contributed by atoms with van der Waals surface area (Å²) in [7, 11) is 0. The van der Waals surface area contributed by atoms with E-state index < -0.39 is 0 Å². The predicted molar refractivity (Wildman–Crippen MR) is 70.2 cm³/mol. The molecule has 0 fully saturated rings. The fourth-order valence-electron chi connectivity index (χ4n) is 1.08. The van der Waals surface area contributed by atoms with Crippen LogP contribution in [-0.2, 0) is 0 Å². The predicted octanol–water partition coefficient (Wildman–Crippen LogP) is 5.39. The van der Waals surface area contributed by atoms with Gasteiger partial charge in [0.25, 0.3) is 0 Å². The van der Waals surface area contributed by atoms with Crippen LogP contribution in [0.15, 0.2) is 23.5 Å². The number of aliphatic hydroxyl groups excluding tert-OH is 1. The molecular weight excluding hydrogens is 184 g/mol. The Morgan fingerprint density at radius 2 is 1.60 bits per heavy atom. The Morgan fingerprint density at radius 1 is 1.07 bits per heavy atom. The molecule has 0 aromatic heterocycles. The summed E-state index contributed by atoms with van der Waals surface area (Å²) in [5.74, 6) is 0.510. The van der Waals surface area contributed by atoms with E-state index in [4.69, 9.17) is 5.11 Å². The summed E-state index contributed by atoms with van der Waals surface area (Å²) in [6.07, 6.45) is 9.63. The molecule has 0 aromatic carbocycles. The van der Waals surface area contributed by atoms with Crippen molar-refractivity contribution in [1.82, 2.24) is 0 Å². The van der Waals surface area contributed by atoms with E-state index in [2.05, 4.69) is 20.8 Å². The minimum absolute atomic E-state index is 0.510. The maximum Gasteiger partial charge on any atom is 0.0925 e. The first-order valence-corrected chi connectivity index (χ1v) is 6.26. The summed E-state index contributed by atoms with van der Waals surface area (Å²) >= 11 is 0. The quantitative estimate of drug-likeness (QED) is 0.650. The fraction of sp³-hybridized carbons (Fsp3) is 0.714. The highest BCUT2D eigenvalue weighted by Gasteiger charge is 1.98. The zero-order valence-corrected chi connectivity index (χ0v) is 11.1. The molecule has 1 heteroatoms. The van der Waals surface area contributed by atoms with Gasteiger partial charge in [-0.15, -0.1) is 0 Å². The number of allylic oxidation sites excluding steroid dienone is 4. The second kappa shape index (κ2) is 13.3. The summed E-state index contributed by atoms with van der Waals surface area (Å²) in [5, 5.41) is 8.84. The molecule has 0 unspecified atom stereocenters. The van der Waals surface area contributed by atoms with Crippen LogP contribution in [0.2, 0.25) is 0 Å². The average molecular weight is 212 g/mol. The van der Waals surface area contributed by atoms with E-state index in [9.17, 15) is 0 Å². The first-order valence-electron chi connectivity index (χ1n) is 6.26. The first-order chi connectivity index (χ1) is 7.20. The lowest BCUT2D eigenvalue weighted by molar-refractivity contribution is 0.386. The van der Waals surface area contributed by atoms with Crippen molar-refractivity contribution in [3.8, 4) is 0 Å². The molecule has 0 aromatic rings. The zero-order valence-electron chi connectivity index (χ0n) is 11.1. The molecule has 1 rings (SSSR count). The highest BCUT2D eigenvalue weighted by atomic mass is 16.3. The lowest BCUT2D eigenvalue weighted by Gasteiger charge is -2.04. The molecule has 0 bridgehead atoms. The molecule has 0 amide bonds. The summed E-state index contributed by atoms with van der Waals surface area (Å²) in [4.78, 5) is 0. The Labute approximate surface area is 95.9 Å². The van der Waals surface area contributed by atoms with Crippen LogP contribution in [0.5, 0.6) is 0 Å². The van der Waals surface area contributed by atoms with Crippen molar-refractivity contribution in [3.05, 3.63) is 23.5 Å². The van der Waals surface area contributed by atoms with Crippen LogP contribution in [0.25, 0.3) is 0 Å². The van der Waals surface area contributed by atoms with Crippen molar-refractivity contribution in [1.29, 1.82) is 0 Å². The summed E-state index contributed by atoms with van der Waals surface area (Å²) in [6.45, 7) is 10.5. The van der Waals surface area contributed by atoms with Crippen LogP contribution in [0.1, 0.15) is 66.7 Å². The molecule has 1 nitrogen and oxygen atoms in total. The molecule has 0 spiro atoms. The van der Waals surface area contributed by atoms with E-state index in [1.54, 1.807) is 6.08 Å². The first kappa shape index (κ1) is 16.7.